The molecule has 1 aromatic heterocycles. The number of nitrogens with one attached hydrogen (secondary N) is 3. The van der Waals surface area contributed by atoms with E-state index in [2.05, 4.69) is 36.4 Å². The number of carbonyl (C=O) groups excluding carboxylic acids is 1. The zero-order valence-corrected chi connectivity index (χ0v) is 13.6. The summed E-state index contributed by atoms with van der Waals surface area (Å²) >= 11 is 0. The molecule has 4 nitrogen and oxygen atoms in total. The van der Waals surface area contributed by atoms with Crippen molar-refractivity contribution < 1.29 is 4.79 Å². The predicted molar refractivity (Wildman–Crippen MR) is 96.1 cm³/mol. The fourth-order valence-corrected chi connectivity index (χ4v) is 2.47. The molecule has 0 bridgehead atoms. The number of benzene rings is 2. The van der Waals surface area contributed by atoms with Gasteiger partial charge in [-0.25, -0.2) is 4.79 Å². The van der Waals surface area contributed by atoms with Crippen LogP contribution in [0.1, 0.15) is 26.3 Å². The number of aromatic amines is 1. The Bertz CT molecular complexity index is 826. The second-order valence-electron chi connectivity index (χ2n) is 6.69. The summed E-state index contributed by atoms with van der Waals surface area (Å²) in [4.78, 5) is 15.2. The average Bonchev–Trinajstić information content (AvgIpc) is 2.94. The standard InChI is InChI=1S/C19H21N3O/c1-19(2,3)14-5-8-15(9-6-14)21-18(23)22-16-7-4-13-10-11-20-17(13)12-16/h4-12,20H,1-3H3,(H2,21,22,23). The molecule has 118 valence electrons. The first-order valence-corrected chi connectivity index (χ1v) is 7.67. The first-order chi connectivity index (χ1) is 10.9. The Morgan fingerprint density at radius 2 is 1.57 bits per heavy atom. The maximum Gasteiger partial charge on any atom is 0.323 e. The molecule has 0 aliphatic rings. The highest BCUT2D eigenvalue weighted by Crippen LogP contribution is 2.23. The van der Waals surface area contributed by atoms with E-state index < -0.39 is 0 Å². The molecule has 4 heteroatoms. The van der Waals surface area contributed by atoms with Gasteiger partial charge in [-0.3, -0.25) is 0 Å². The van der Waals surface area contributed by atoms with Crippen LogP contribution < -0.4 is 10.6 Å². The first-order valence-electron chi connectivity index (χ1n) is 7.67. The van der Waals surface area contributed by atoms with E-state index in [-0.39, 0.29) is 11.4 Å². The van der Waals surface area contributed by atoms with Crippen molar-refractivity contribution in [1.29, 1.82) is 0 Å². The molecule has 0 radical (unpaired) electrons. The lowest BCUT2D eigenvalue weighted by molar-refractivity contribution is 0.262. The summed E-state index contributed by atoms with van der Waals surface area (Å²) in [6, 6.07) is 15.5. The molecule has 0 fully saturated rings. The van der Waals surface area contributed by atoms with E-state index in [0.717, 1.165) is 22.3 Å². The van der Waals surface area contributed by atoms with Crippen molar-refractivity contribution in [3.8, 4) is 0 Å². The smallest absolute Gasteiger partial charge is 0.323 e. The predicted octanol–water partition coefficient (Wildman–Crippen LogP) is 5.11. The van der Waals surface area contributed by atoms with E-state index in [9.17, 15) is 4.79 Å². The Morgan fingerprint density at radius 3 is 2.26 bits per heavy atom. The molecule has 1 heterocycles. The minimum absolute atomic E-state index is 0.103. The molecule has 0 aliphatic heterocycles. The van der Waals surface area contributed by atoms with E-state index in [1.165, 1.54) is 5.56 Å². The molecule has 3 N–H and O–H groups in total. The van der Waals surface area contributed by atoms with Gasteiger partial charge in [-0.2, -0.15) is 0 Å². The minimum atomic E-state index is -0.251. The van der Waals surface area contributed by atoms with Crippen molar-refractivity contribution in [3.63, 3.8) is 0 Å². The van der Waals surface area contributed by atoms with Crippen LogP contribution in [0.4, 0.5) is 16.2 Å². The maximum atomic E-state index is 12.1. The van der Waals surface area contributed by atoms with E-state index >= 15 is 0 Å². The summed E-state index contributed by atoms with van der Waals surface area (Å²) in [7, 11) is 0. The number of fused-ring (bicyclic) bond motifs is 1. The third-order valence-electron chi connectivity index (χ3n) is 3.82. The van der Waals surface area contributed by atoms with E-state index in [0.29, 0.717) is 0 Å². The van der Waals surface area contributed by atoms with Crippen molar-refractivity contribution in [2.75, 3.05) is 10.6 Å². The van der Waals surface area contributed by atoms with Gasteiger partial charge in [0.25, 0.3) is 0 Å². The van der Waals surface area contributed by atoms with E-state index in [1.807, 2.05) is 54.7 Å². The van der Waals surface area contributed by atoms with Gasteiger partial charge >= 0.3 is 6.03 Å². The summed E-state index contributed by atoms with van der Waals surface area (Å²) in [6.45, 7) is 6.50. The summed E-state index contributed by atoms with van der Waals surface area (Å²) in [5, 5.41) is 6.82. The Hall–Kier alpha value is -2.75. The minimum Gasteiger partial charge on any atom is -0.361 e. The zero-order chi connectivity index (χ0) is 16.4. The number of carbonyl (C=O) groups is 1. The molecular weight excluding hydrogens is 286 g/mol. The monoisotopic (exact) mass is 307 g/mol. The summed E-state index contributed by atoms with van der Waals surface area (Å²) in [5.74, 6) is 0. The molecule has 0 aliphatic carbocycles. The fraction of sp³-hybridized carbons (Fsp3) is 0.211. The van der Waals surface area contributed by atoms with Crippen LogP contribution in [0.2, 0.25) is 0 Å². The molecule has 23 heavy (non-hydrogen) atoms. The molecule has 0 atom stereocenters. The Balaban J connectivity index is 1.66. The van der Waals surface area contributed by atoms with Gasteiger partial charge in [-0.15, -0.1) is 0 Å². The van der Waals surface area contributed by atoms with Crippen molar-refractivity contribution >= 4 is 28.3 Å². The highest BCUT2D eigenvalue weighted by atomic mass is 16.2. The topological polar surface area (TPSA) is 56.9 Å². The van der Waals surface area contributed by atoms with Crippen molar-refractivity contribution in [2.24, 2.45) is 0 Å². The lowest BCUT2D eigenvalue weighted by Gasteiger charge is -2.19. The second-order valence-corrected chi connectivity index (χ2v) is 6.69. The maximum absolute atomic E-state index is 12.1. The summed E-state index contributed by atoms with van der Waals surface area (Å²) < 4.78 is 0. The number of urea groups is 1. The lowest BCUT2D eigenvalue weighted by Crippen LogP contribution is -2.19. The molecule has 2 amide bonds. The molecule has 3 aromatic rings. The number of anilines is 2. The van der Waals surface area contributed by atoms with Crippen LogP contribution in [0.15, 0.2) is 54.7 Å². The number of aromatic nitrogens is 1. The molecule has 0 saturated carbocycles. The largest absolute Gasteiger partial charge is 0.361 e. The van der Waals surface area contributed by atoms with Gasteiger partial charge in [0, 0.05) is 23.1 Å². The van der Waals surface area contributed by atoms with Crippen LogP contribution in [-0.2, 0) is 5.41 Å². The fourth-order valence-electron chi connectivity index (χ4n) is 2.47. The van der Waals surface area contributed by atoms with Crippen LogP contribution >= 0.6 is 0 Å². The second kappa shape index (κ2) is 5.80. The van der Waals surface area contributed by atoms with Gasteiger partial charge in [0.15, 0.2) is 0 Å². The molecule has 0 spiro atoms. The summed E-state index contributed by atoms with van der Waals surface area (Å²) in [6.07, 6.45) is 1.88. The van der Waals surface area contributed by atoms with E-state index in [4.69, 9.17) is 0 Å². The Morgan fingerprint density at radius 1 is 0.913 bits per heavy atom. The molecular formula is C19H21N3O. The Kier molecular flexibility index (Phi) is 3.82. The van der Waals surface area contributed by atoms with Crippen molar-refractivity contribution in [2.45, 2.75) is 26.2 Å². The van der Waals surface area contributed by atoms with Crippen LogP contribution in [0, 0.1) is 0 Å². The highest BCUT2D eigenvalue weighted by Gasteiger charge is 2.13. The Labute approximate surface area is 135 Å². The SMILES string of the molecule is CC(C)(C)c1ccc(NC(=O)Nc2ccc3cc[nH]c3c2)cc1. The molecule has 0 unspecified atom stereocenters. The average molecular weight is 307 g/mol. The van der Waals surface area contributed by atoms with Gasteiger partial charge in [0.1, 0.15) is 0 Å². The van der Waals surface area contributed by atoms with Gasteiger partial charge < -0.3 is 15.6 Å². The van der Waals surface area contributed by atoms with Crippen molar-refractivity contribution in [1.82, 2.24) is 4.98 Å². The van der Waals surface area contributed by atoms with Crippen LogP contribution in [0.5, 0.6) is 0 Å². The van der Waals surface area contributed by atoms with Gasteiger partial charge in [0.05, 0.1) is 0 Å². The number of amides is 2. The molecule has 0 saturated heterocycles. The number of hydrogen-bond acceptors (Lipinski definition) is 1. The highest BCUT2D eigenvalue weighted by molar-refractivity contribution is 6.00. The zero-order valence-electron chi connectivity index (χ0n) is 13.6. The van der Waals surface area contributed by atoms with Crippen LogP contribution in [0.3, 0.4) is 0 Å². The van der Waals surface area contributed by atoms with Crippen LogP contribution in [0.25, 0.3) is 10.9 Å². The quantitative estimate of drug-likeness (QED) is 0.605. The van der Waals surface area contributed by atoms with Gasteiger partial charge in [0.2, 0.25) is 0 Å². The summed E-state index contributed by atoms with van der Waals surface area (Å²) in [5.41, 5.74) is 3.87. The molecule has 3 rings (SSSR count). The van der Waals surface area contributed by atoms with E-state index in [1.54, 1.807) is 0 Å². The van der Waals surface area contributed by atoms with Gasteiger partial charge in [-0.1, -0.05) is 39.0 Å². The first kappa shape index (κ1) is 15.2. The van der Waals surface area contributed by atoms with Gasteiger partial charge in [-0.05, 0) is 46.7 Å². The van der Waals surface area contributed by atoms with Crippen LogP contribution in [-0.4, -0.2) is 11.0 Å². The normalized spacial score (nSPS) is 11.4. The van der Waals surface area contributed by atoms with Crippen molar-refractivity contribution in [3.05, 3.63) is 60.3 Å². The molecule has 2 aromatic carbocycles. The lowest BCUT2D eigenvalue weighted by atomic mass is 9.87. The third kappa shape index (κ3) is 3.54. The number of H-pyrrole nitrogens is 1. The number of hydrogen-bond donors (Lipinski definition) is 3. The third-order valence-corrected chi connectivity index (χ3v) is 3.82. The number of rotatable bonds is 2.